The summed E-state index contributed by atoms with van der Waals surface area (Å²) < 4.78 is 1.98. The summed E-state index contributed by atoms with van der Waals surface area (Å²) in [6.45, 7) is 3.82. The molecule has 2 aliphatic heterocycles. The lowest BCUT2D eigenvalue weighted by atomic mass is 10.1. The van der Waals surface area contributed by atoms with Crippen LogP contribution >= 0.6 is 0 Å². The minimum atomic E-state index is 0.400. The van der Waals surface area contributed by atoms with Crippen LogP contribution in [0.15, 0.2) is 0 Å². The van der Waals surface area contributed by atoms with Gasteiger partial charge in [0.15, 0.2) is 0 Å². The summed E-state index contributed by atoms with van der Waals surface area (Å²) in [7, 11) is 0. The fourth-order valence-electron chi connectivity index (χ4n) is 2.76. The van der Waals surface area contributed by atoms with Crippen LogP contribution in [0.2, 0.25) is 0 Å². The van der Waals surface area contributed by atoms with Crippen LogP contribution in [0.4, 0.5) is 0 Å². The van der Waals surface area contributed by atoms with Crippen molar-refractivity contribution in [2.45, 2.75) is 31.8 Å². The molecule has 0 radical (unpaired) electrons. The Kier molecular flexibility index (Phi) is 2.83. The highest BCUT2D eigenvalue weighted by atomic mass is 15.3. The average Bonchev–Trinajstić information content (AvgIpc) is 2.78. The second kappa shape index (κ2) is 4.47. The lowest BCUT2D eigenvalue weighted by Crippen LogP contribution is -2.30. The lowest BCUT2D eigenvalue weighted by Gasteiger charge is -2.23. The summed E-state index contributed by atoms with van der Waals surface area (Å²) in [5, 5.41) is 20.7. The molecule has 1 aromatic heterocycles. The van der Waals surface area contributed by atoms with E-state index in [4.69, 9.17) is 0 Å². The van der Waals surface area contributed by atoms with E-state index in [-0.39, 0.29) is 0 Å². The zero-order valence-corrected chi connectivity index (χ0v) is 9.87. The molecular weight excluding hydrogens is 214 g/mol. The van der Waals surface area contributed by atoms with Crippen molar-refractivity contribution in [2.75, 3.05) is 19.6 Å². The first-order chi connectivity index (χ1) is 8.40. The highest BCUT2D eigenvalue weighted by molar-refractivity contribution is 5.37. The van der Waals surface area contributed by atoms with Gasteiger partial charge in [-0.05, 0) is 25.9 Å². The van der Waals surface area contributed by atoms with Gasteiger partial charge < -0.3 is 10.6 Å². The predicted octanol–water partition coefficient (Wildman–Crippen LogP) is 0.325. The molecular formula is C12H17N5. The maximum atomic E-state index is 9.34. The summed E-state index contributed by atoms with van der Waals surface area (Å²) in [6, 6.07) is 2.74. The van der Waals surface area contributed by atoms with Crippen LogP contribution in [0.3, 0.4) is 0 Å². The van der Waals surface area contributed by atoms with Gasteiger partial charge in [-0.1, -0.05) is 0 Å². The topological polar surface area (TPSA) is 65.7 Å². The summed E-state index contributed by atoms with van der Waals surface area (Å²) in [5.74, 6) is 0. The molecule has 0 unspecified atom stereocenters. The Morgan fingerprint density at radius 3 is 2.82 bits per heavy atom. The van der Waals surface area contributed by atoms with Crippen LogP contribution in [0.1, 0.15) is 35.8 Å². The Labute approximate surface area is 101 Å². The predicted molar refractivity (Wildman–Crippen MR) is 63.5 cm³/mol. The van der Waals surface area contributed by atoms with Crippen LogP contribution in [-0.4, -0.2) is 29.4 Å². The lowest BCUT2D eigenvalue weighted by molar-refractivity contribution is 0.339. The van der Waals surface area contributed by atoms with Crippen molar-refractivity contribution in [2.24, 2.45) is 0 Å². The molecule has 1 fully saturated rings. The number of nitrogens with zero attached hydrogens (tertiary/aromatic N) is 3. The van der Waals surface area contributed by atoms with Gasteiger partial charge in [0.05, 0.1) is 11.7 Å². The van der Waals surface area contributed by atoms with Gasteiger partial charge >= 0.3 is 0 Å². The minimum Gasteiger partial charge on any atom is -0.317 e. The number of hydrogen-bond acceptors (Lipinski definition) is 4. The highest BCUT2D eigenvalue weighted by Gasteiger charge is 2.25. The average molecular weight is 231 g/mol. The van der Waals surface area contributed by atoms with Gasteiger partial charge in [0, 0.05) is 25.1 Å². The Morgan fingerprint density at radius 1 is 1.24 bits per heavy atom. The minimum absolute atomic E-state index is 0.400. The SMILES string of the molecule is N#Cc1c2c(nn1C1CCNCC1)CCNC2. The molecule has 5 heteroatoms. The normalized spacial score (nSPS) is 20.9. The summed E-state index contributed by atoms with van der Waals surface area (Å²) in [4.78, 5) is 0. The molecule has 2 N–H and O–H groups in total. The molecule has 5 nitrogen and oxygen atoms in total. The molecule has 0 bridgehead atoms. The quantitative estimate of drug-likeness (QED) is 0.731. The molecule has 0 atom stereocenters. The Morgan fingerprint density at radius 2 is 2.06 bits per heavy atom. The van der Waals surface area contributed by atoms with Crippen LogP contribution in [0.25, 0.3) is 0 Å². The van der Waals surface area contributed by atoms with Crippen molar-refractivity contribution < 1.29 is 0 Å². The molecule has 3 heterocycles. The zero-order valence-electron chi connectivity index (χ0n) is 9.87. The number of rotatable bonds is 1. The highest BCUT2D eigenvalue weighted by Crippen LogP contribution is 2.25. The maximum Gasteiger partial charge on any atom is 0.143 e. The third-order valence-corrected chi connectivity index (χ3v) is 3.69. The fraction of sp³-hybridized carbons (Fsp3) is 0.667. The fourth-order valence-corrected chi connectivity index (χ4v) is 2.76. The van der Waals surface area contributed by atoms with E-state index >= 15 is 0 Å². The van der Waals surface area contributed by atoms with E-state index in [2.05, 4.69) is 21.8 Å². The number of hydrogen-bond donors (Lipinski definition) is 2. The Hall–Kier alpha value is -1.38. The molecule has 0 amide bonds. The smallest absolute Gasteiger partial charge is 0.143 e. The van der Waals surface area contributed by atoms with Gasteiger partial charge in [-0.25, -0.2) is 0 Å². The standard InChI is InChI=1S/C12H17N5/c13-7-12-10-8-15-6-3-11(10)16-17(12)9-1-4-14-5-2-9/h9,14-15H,1-6,8H2. The molecule has 17 heavy (non-hydrogen) atoms. The Bertz CT molecular complexity index is 450. The van der Waals surface area contributed by atoms with Gasteiger partial charge in [-0.15, -0.1) is 0 Å². The molecule has 90 valence electrons. The number of aromatic nitrogens is 2. The van der Waals surface area contributed by atoms with Crippen LogP contribution in [0, 0.1) is 11.3 Å². The van der Waals surface area contributed by atoms with Crippen molar-refractivity contribution in [3.63, 3.8) is 0 Å². The van der Waals surface area contributed by atoms with Crippen LogP contribution in [-0.2, 0) is 13.0 Å². The maximum absolute atomic E-state index is 9.34. The monoisotopic (exact) mass is 231 g/mol. The summed E-state index contributed by atoms with van der Waals surface area (Å²) >= 11 is 0. The number of piperidine rings is 1. The van der Waals surface area contributed by atoms with Crippen LogP contribution < -0.4 is 10.6 Å². The van der Waals surface area contributed by atoms with Gasteiger partial charge in [0.1, 0.15) is 11.8 Å². The first-order valence-corrected chi connectivity index (χ1v) is 6.32. The van der Waals surface area contributed by atoms with E-state index in [0.717, 1.165) is 62.4 Å². The molecule has 0 saturated carbocycles. The van der Waals surface area contributed by atoms with Gasteiger partial charge in [0.2, 0.25) is 0 Å². The summed E-state index contributed by atoms with van der Waals surface area (Å²) in [5.41, 5.74) is 3.02. The molecule has 1 aromatic rings. The van der Waals surface area contributed by atoms with Gasteiger partial charge in [-0.2, -0.15) is 10.4 Å². The number of fused-ring (bicyclic) bond motifs is 1. The molecule has 2 aliphatic rings. The van der Waals surface area contributed by atoms with E-state index in [1.54, 1.807) is 0 Å². The van der Waals surface area contributed by atoms with Gasteiger partial charge in [0.25, 0.3) is 0 Å². The zero-order chi connectivity index (χ0) is 11.7. The summed E-state index contributed by atoms with van der Waals surface area (Å²) in [6.07, 6.45) is 3.09. The van der Waals surface area contributed by atoms with Crippen molar-refractivity contribution in [3.8, 4) is 6.07 Å². The number of nitriles is 1. The van der Waals surface area contributed by atoms with E-state index in [1.165, 1.54) is 0 Å². The first-order valence-electron chi connectivity index (χ1n) is 6.32. The Balaban J connectivity index is 1.98. The molecule has 3 rings (SSSR count). The molecule has 0 spiro atoms. The largest absolute Gasteiger partial charge is 0.317 e. The molecule has 0 aromatic carbocycles. The van der Waals surface area contributed by atoms with Crippen molar-refractivity contribution in [1.82, 2.24) is 20.4 Å². The van der Waals surface area contributed by atoms with Crippen molar-refractivity contribution >= 4 is 0 Å². The van der Waals surface area contributed by atoms with Gasteiger partial charge in [-0.3, -0.25) is 4.68 Å². The van der Waals surface area contributed by atoms with E-state index < -0.39 is 0 Å². The van der Waals surface area contributed by atoms with Crippen molar-refractivity contribution in [3.05, 3.63) is 17.0 Å². The van der Waals surface area contributed by atoms with Crippen LogP contribution in [0.5, 0.6) is 0 Å². The third kappa shape index (κ3) is 1.84. The first kappa shape index (κ1) is 10.8. The van der Waals surface area contributed by atoms with E-state index in [0.29, 0.717) is 6.04 Å². The van der Waals surface area contributed by atoms with E-state index in [9.17, 15) is 5.26 Å². The van der Waals surface area contributed by atoms with Crippen molar-refractivity contribution in [1.29, 1.82) is 5.26 Å². The second-order valence-corrected chi connectivity index (χ2v) is 4.74. The molecule has 1 saturated heterocycles. The number of nitrogens with one attached hydrogen (secondary N) is 2. The van der Waals surface area contributed by atoms with E-state index in [1.807, 2.05) is 4.68 Å². The third-order valence-electron chi connectivity index (χ3n) is 3.69. The molecule has 0 aliphatic carbocycles. The second-order valence-electron chi connectivity index (χ2n) is 4.74.